The van der Waals surface area contributed by atoms with Gasteiger partial charge in [0.25, 0.3) is 0 Å². The third-order valence-electron chi connectivity index (χ3n) is 3.02. The number of halogens is 1. The van der Waals surface area contributed by atoms with Gasteiger partial charge in [-0.1, -0.05) is 12.1 Å². The van der Waals surface area contributed by atoms with Crippen LogP contribution in [0.5, 0.6) is 0 Å². The lowest BCUT2D eigenvalue weighted by molar-refractivity contribution is -0.144. The van der Waals surface area contributed by atoms with E-state index in [9.17, 15) is 9.18 Å². The number of ether oxygens (including phenoxy) is 1. The van der Waals surface area contributed by atoms with E-state index in [4.69, 9.17) is 4.74 Å². The summed E-state index contributed by atoms with van der Waals surface area (Å²) < 4.78 is 17.9. The van der Waals surface area contributed by atoms with Gasteiger partial charge in [-0.15, -0.1) is 0 Å². The van der Waals surface area contributed by atoms with Gasteiger partial charge in [0.05, 0.1) is 0 Å². The smallest absolute Gasteiger partial charge is 0.323 e. The quantitative estimate of drug-likeness (QED) is 0.753. The molecule has 2 rings (SSSR count). The van der Waals surface area contributed by atoms with Crippen molar-refractivity contribution in [1.29, 1.82) is 0 Å². The maximum Gasteiger partial charge on any atom is 0.323 e. The normalized spacial score (nSPS) is 24.1. The number of likely N-dealkylation sites (N-methyl/N-ethyl adjacent to an activating group) is 1. The Bertz CT molecular complexity index is 404. The van der Waals surface area contributed by atoms with Crippen LogP contribution in [0.2, 0.25) is 0 Å². The summed E-state index contributed by atoms with van der Waals surface area (Å²) in [6, 6.07) is 6.14. The lowest BCUT2D eigenvalue weighted by Gasteiger charge is -2.20. The summed E-state index contributed by atoms with van der Waals surface area (Å²) in [5.74, 6) is -0.410. The van der Waals surface area contributed by atoms with Crippen molar-refractivity contribution in [1.82, 2.24) is 4.90 Å². The number of hydrogen-bond donors (Lipinski definition) is 0. The molecule has 17 heavy (non-hydrogen) atoms. The minimum Gasteiger partial charge on any atom is -0.461 e. The SMILES string of the molecule is CC1CC(N(C)Cc2ccc(F)cc2)C(=O)O1. The van der Waals surface area contributed by atoms with E-state index in [0.29, 0.717) is 6.54 Å². The molecule has 1 aromatic rings. The van der Waals surface area contributed by atoms with Crippen LogP contribution in [0, 0.1) is 5.82 Å². The fourth-order valence-electron chi connectivity index (χ4n) is 2.08. The monoisotopic (exact) mass is 237 g/mol. The van der Waals surface area contributed by atoms with Crippen molar-refractivity contribution in [2.24, 2.45) is 0 Å². The topological polar surface area (TPSA) is 29.5 Å². The predicted octanol–water partition coefficient (Wildman–Crippen LogP) is 1.96. The number of cyclic esters (lactones) is 1. The Hall–Kier alpha value is -1.42. The van der Waals surface area contributed by atoms with Gasteiger partial charge < -0.3 is 4.74 Å². The highest BCUT2D eigenvalue weighted by molar-refractivity contribution is 5.77. The van der Waals surface area contributed by atoms with Gasteiger partial charge in [0, 0.05) is 13.0 Å². The van der Waals surface area contributed by atoms with Crippen molar-refractivity contribution in [3.8, 4) is 0 Å². The first kappa shape index (κ1) is 12.0. The highest BCUT2D eigenvalue weighted by atomic mass is 19.1. The van der Waals surface area contributed by atoms with Crippen LogP contribution < -0.4 is 0 Å². The molecule has 92 valence electrons. The Morgan fingerprint density at radius 2 is 2.06 bits per heavy atom. The first-order valence-corrected chi connectivity index (χ1v) is 5.71. The Balaban J connectivity index is 1.99. The summed E-state index contributed by atoms with van der Waals surface area (Å²) in [6.45, 7) is 2.51. The summed E-state index contributed by atoms with van der Waals surface area (Å²) in [6.07, 6.45) is 0.708. The van der Waals surface area contributed by atoms with Crippen LogP contribution in [0.3, 0.4) is 0 Å². The van der Waals surface area contributed by atoms with Crippen molar-refractivity contribution < 1.29 is 13.9 Å². The van der Waals surface area contributed by atoms with Crippen molar-refractivity contribution in [3.05, 3.63) is 35.6 Å². The molecule has 1 heterocycles. The van der Waals surface area contributed by atoms with E-state index < -0.39 is 0 Å². The third-order valence-corrected chi connectivity index (χ3v) is 3.02. The van der Waals surface area contributed by atoms with Crippen LogP contribution in [0.1, 0.15) is 18.9 Å². The van der Waals surface area contributed by atoms with Crippen molar-refractivity contribution >= 4 is 5.97 Å². The van der Waals surface area contributed by atoms with E-state index in [2.05, 4.69) is 0 Å². The number of nitrogens with zero attached hydrogens (tertiary/aromatic N) is 1. The van der Waals surface area contributed by atoms with E-state index in [1.165, 1.54) is 12.1 Å². The summed E-state index contributed by atoms with van der Waals surface area (Å²) >= 11 is 0. The number of hydrogen-bond acceptors (Lipinski definition) is 3. The van der Waals surface area contributed by atoms with E-state index in [1.54, 1.807) is 12.1 Å². The highest BCUT2D eigenvalue weighted by Crippen LogP contribution is 2.20. The standard InChI is InChI=1S/C13H16FNO2/c1-9-7-12(13(16)17-9)15(2)8-10-3-5-11(14)6-4-10/h3-6,9,12H,7-8H2,1-2H3. The third kappa shape index (κ3) is 2.82. The van der Waals surface area contributed by atoms with E-state index in [0.717, 1.165) is 12.0 Å². The first-order valence-electron chi connectivity index (χ1n) is 5.71. The maximum atomic E-state index is 12.8. The lowest BCUT2D eigenvalue weighted by atomic mass is 10.1. The number of esters is 1. The zero-order chi connectivity index (χ0) is 12.4. The molecular formula is C13H16FNO2. The fourth-order valence-corrected chi connectivity index (χ4v) is 2.08. The average molecular weight is 237 g/mol. The molecule has 3 nitrogen and oxygen atoms in total. The molecule has 1 aliphatic rings. The molecule has 0 saturated carbocycles. The fraction of sp³-hybridized carbons (Fsp3) is 0.462. The van der Waals surface area contributed by atoms with Gasteiger partial charge in [-0.25, -0.2) is 4.39 Å². The maximum absolute atomic E-state index is 12.8. The predicted molar refractivity (Wildman–Crippen MR) is 61.8 cm³/mol. The van der Waals surface area contributed by atoms with Gasteiger partial charge in [-0.05, 0) is 31.7 Å². The van der Waals surface area contributed by atoms with Gasteiger partial charge in [0.1, 0.15) is 18.0 Å². The van der Waals surface area contributed by atoms with Gasteiger partial charge >= 0.3 is 5.97 Å². The second-order valence-corrected chi connectivity index (χ2v) is 4.54. The second kappa shape index (κ2) is 4.84. The summed E-state index contributed by atoms with van der Waals surface area (Å²) in [5, 5.41) is 0. The van der Waals surface area contributed by atoms with Crippen LogP contribution in [-0.4, -0.2) is 30.1 Å². The van der Waals surface area contributed by atoms with E-state index >= 15 is 0 Å². The molecule has 1 saturated heterocycles. The lowest BCUT2D eigenvalue weighted by Crippen LogP contribution is -2.34. The molecule has 0 amide bonds. The molecule has 0 radical (unpaired) electrons. The Morgan fingerprint density at radius 3 is 2.59 bits per heavy atom. The summed E-state index contributed by atoms with van der Waals surface area (Å²) in [4.78, 5) is 13.5. The van der Waals surface area contributed by atoms with Crippen molar-refractivity contribution in [2.75, 3.05) is 7.05 Å². The molecule has 0 aromatic heterocycles. The number of carbonyl (C=O) groups excluding carboxylic acids is 1. The van der Waals surface area contributed by atoms with Crippen LogP contribution in [-0.2, 0) is 16.1 Å². The van der Waals surface area contributed by atoms with Crippen LogP contribution >= 0.6 is 0 Å². The molecule has 2 unspecified atom stereocenters. The van der Waals surface area contributed by atoms with Gasteiger partial charge in [0.2, 0.25) is 0 Å². The first-order chi connectivity index (χ1) is 8.06. The van der Waals surface area contributed by atoms with Crippen LogP contribution in [0.4, 0.5) is 4.39 Å². The Labute approximate surface area is 100 Å². The van der Waals surface area contributed by atoms with Gasteiger partial charge in [-0.3, -0.25) is 9.69 Å². The molecular weight excluding hydrogens is 221 g/mol. The number of carbonyl (C=O) groups is 1. The second-order valence-electron chi connectivity index (χ2n) is 4.54. The van der Waals surface area contributed by atoms with Gasteiger partial charge in [0.15, 0.2) is 0 Å². The summed E-state index contributed by atoms with van der Waals surface area (Å²) in [5.41, 5.74) is 0.987. The van der Waals surface area contributed by atoms with E-state index in [1.807, 2.05) is 18.9 Å². The number of rotatable bonds is 3. The highest BCUT2D eigenvalue weighted by Gasteiger charge is 2.34. The Kier molecular flexibility index (Phi) is 3.43. The molecule has 1 aliphatic heterocycles. The molecule has 1 fully saturated rings. The molecule has 0 aliphatic carbocycles. The van der Waals surface area contributed by atoms with Gasteiger partial charge in [-0.2, -0.15) is 0 Å². The summed E-state index contributed by atoms with van der Waals surface area (Å²) in [7, 11) is 1.88. The number of benzene rings is 1. The molecule has 0 spiro atoms. The van der Waals surface area contributed by atoms with Crippen molar-refractivity contribution in [2.45, 2.75) is 32.0 Å². The molecule has 2 atom stereocenters. The van der Waals surface area contributed by atoms with Crippen LogP contribution in [0.25, 0.3) is 0 Å². The zero-order valence-electron chi connectivity index (χ0n) is 10.0. The molecule has 4 heteroatoms. The molecule has 1 aromatic carbocycles. The van der Waals surface area contributed by atoms with E-state index in [-0.39, 0.29) is 23.9 Å². The molecule has 0 N–H and O–H groups in total. The minimum absolute atomic E-state index is 0.0110. The Morgan fingerprint density at radius 1 is 1.41 bits per heavy atom. The molecule has 0 bridgehead atoms. The zero-order valence-corrected chi connectivity index (χ0v) is 10.0. The largest absolute Gasteiger partial charge is 0.461 e. The van der Waals surface area contributed by atoms with Crippen LogP contribution in [0.15, 0.2) is 24.3 Å². The van der Waals surface area contributed by atoms with Crippen molar-refractivity contribution in [3.63, 3.8) is 0 Å². The minimum atomic E-state index is -0.245. The average Bonchev–Trinajstić information content (AvgIpc) is 2.61.